The van der Waals surface area contributed by atoms with Crippen molar-refractivity contribution in [3.05, 3.63) is 29.8 Å². The molecule has 1 saturated carbocycles. The predicted octanol–water partition coefficient (Wildman–Crippen LogP) is 3.65. The van der Waals surface area contributed by atoms with Gasteiger partial charge in [0.1, 0.15) is 5.75 Å². The average Bonchev–Trinajstić information content (AvgIpc) is 3.05. The molecule has 1 aliphatic carbocycles. The highest BCUT2D eigenvalue weighted by Gasteiger charge is 2.23. The number of ether oxygens (including phenoxy) is 1. The van der Waals surface area contributed by atoms with Gasteiger partial charge in [-0.2, -0.15) is 0 Å². The molecule has 0 amide bonds. The second kappa shape index (κ2) is 4.89. The molecular weight excluding hydrogens is 208 g/mol. The largest absolute Gasteiger partial charge is 0.490 e. The Morgan fingerprint density at radius 3 is 2.53 bits per heavy atom. The van der Waals surface area contributed by atoms with Crippen LogP contribution in [0.15, 0.2) is 24.3 Å². The van der Waals surface area contributed by atoms with Crippen molar-refractivity contribution < 1.29 is 4.74 Å². The van der Waals surface area contributed by atoms with E-state index < -0.39 is 0 Å². The molecule has 1 nitrogen and oxygen atoms in total. The third-order valence-corrected chi connectivity index (χ3v) is 3.12. The zero-order valence-corrected chi connectivity index (χ0v) is 9.83. The molecule has 0 spiro atoms. The maximum absolute atomic E-state index is 5.79. The molecule has 1 fully saturated rings. The van der Waals surface area contributed by atoms with Crippen molar-refractivity contribution in [2.75, 3.05) is 5.88 Å². The normalized spacial score (nSPS) is 17.5. The van der Waals surface area contributed by atoms with Gasteiger partial charge in [-0.25, -0.2) is 0 Å². The first-order valence-corrected chi connectivity index (χ1v) is 6.13. The smallest absolute Gasteiger partial charge is 0.119 e. The molecule has 0 radical (unpaired) electrons. The minimum atomic E-state index is 0.484. The van der Waals surface area contributed by atoms with Crippen molar-refractivity contribution >= 4 is 11.6 Å². The summed E-state index contributed by atoms with van der Waals surface area (Å²) >= 11 is 5.79. The lowest BCUT2D eigenvalue weighted by Crippen LogP contribution is -2.01. The van der Waals surface area contributed by atoms with Gasteiger partial charge in [0, 0.05) is 5.88 Å². The standard InChI is InChI=1S/C13H17ClO/c1-10(9-14)8-11-2-4-12(5-3-11)15-13-6-7-13/h2-5,10,13H,6-9H2,1H3. The van der Waals surface area contributed by atoms with Crippen molar-refractivity contribution in [3.63, 3.8) is 0 Å². The van der Waals surface area contributed by atoms with Crippen LogP contribution < -0.4 is 4.74 Å². The molecule has 1 aromatic rings. The maximum atomic E-state index is 5.79. The summed E-state index contributed by atoms with van der Waals surface area (Å²) < 4.78 is 5.69. The number of hydrogen-bond donors (Lipinski definition) is 0. The monoisotopic (exact) mass is 224 g/mol. The Morgan fingerprint density at radius 2 is 2.00 bits per heavy atom. The second-order valence-electron chi connectivity index (χ2n) is 4.42. The van der Waals surface area contributed by atoms with Gasteiger partial charge in [-0.15, -0.1) is 11.6 Å². The Morgan fingerprint density at radius 1 is 1.33 bits per heavy atom. The van der Waals surface area contributed by atoms with E-state index in [1.807, 2.05) is 0 Å². The van der Waals surface area contributed by atoms with Crippen LogP contribution in [-0.4, -0.2) is 12.0 Å². The van der Waals surface area contributed by atoms with Gasteiger partial charge in [0.05, 0.1) is 6.10 Å². The fraction of sp³-hybridized carbons (Fsp3) is 0.538. The lowest BCUT2D eigenvalue weighted by atomic mass is 10.0. The van der Waals surface area contributed by atoms with Gasteiger partial charge in [0.25, 0.3) is 0 Å². The minimum absolute atomic E-state index is 0.484. The van der Waals surface area contributed by atoms with Crippen LogP contribution in [0.1, 0.15) is 25.3 Å². The lowest BCUT2D eigenvalue weighted by molar-refractivity contribution is 0.303. The Balaban J connectivity index is 1.90. The summed E-state index contributed by atoms with van der Waals surface area (Å²) in [5.74, 6) is 2.27. The van der Waals surface area contributed by atoms with Crippen LogP contribution in [0.3, 0.4) is 0 Å². The highest BCUT2D eigenvalue weighted by Crippen LogP contribution is 2.27. The molecule has 0 N–H and O–H groups in total. The number of hydrogen-bond acceptors (Lipinski definition) is 1. The molecule has 1 aromatic carbocycles. The number of halogens is 1. The zero-order chi connectivity index (χ0) is 10.7. The third-order valence-electron chi connectivity index (χ3n) is 2.60. The summed E-state index contributed by atoms with van der Waals surface area (Å²) in [5.41, 5.74) is 1.34. The number of rotatable bonds is 5. The third kappa shape index (κ3) is 3.42. The molecule has 82 valence electrons. The lowest BCUT2D eigenvalue weighted by Gasteiger charge is -2.08. The van der Waals surface area contributed by atoms with E-state index in [0.29, 0.717) is 12.0 Å². The molecular formula is C13H17ClO. The highest BCUT2D eigenvalue weighted by atomic mass is 35.5. The SMILES string of the molecule is CC(CCl)Cc1ccc(OC2CC2)cc1. The Hall–Kier alpha value is -0.690. The summed E-state index contributed by atoms with van der Waals surface area (Å²) in [6, 6.07) is 8.41. The molecule has 1 aliphatic rings. The Bertz CT molecular complexity index is 303. The molecule has 0 heterocycles. The Kier molecular flexibility index (Phi) is 3.53. The van der Waals surface area contributed by atoms with Gasteiger partial charge >= 0.3 is 0 Å². The van der Waals surface area contributed by atoms with Crippen LogP contribution in [0.25, 0.3) is 0 Å². The van der Waals surface area contributed by atoms with Crippen LogP contribution in [0.4, 0.5) is 0 Å². The van der Waals surface area contributed by atoms with Gasteiger partial charge in [-0.3, -0.25) is 0 Å². The van der Waals surface area contributed by atoms with Gasteiger partial charge in [0.2, 0.25) is 0 Å². The second-order valence-corrected chi connectivity index (χ2v) is 4.73. The van der Waals surface area contributed by atoms with Crippen molar-refractivity contribution in [2.24, 2.45) is 5.92 Å². The summed E-state index contributed by atoms with van der Waals surface area (Å²) in [6.45, 7) is 2.17. The molecule has 2 heteroatoms. The van der Waals surface area contributed by atoms with E-state index in [4.69, 9.17) is 16.3 Å². The molecule has 0 saturated heterocycles. The van der Waals surface area contributed by atoms with Crippen molar-refractivity contribution in [1.82, 2.24) is 0 Å². The van der Waals surface area contributed by atoms with E-state index in [9.17, 15) is 0 Å². The quantitative estimate of drug-likeness (QED) is 0.694. The Labute approximate surface area is 96.4 Å². The minimum Gasteiger partial charge on any atom is -0.490 e. The summed E-state index contributed by atoms with van der Waals surface area (Å²) in [7, 11) is 0. The molecule has 2 rings (SSSR count). The van der Waals surface area contributed by atoms with Gasteiger partial charge in [-0.1, -0.05) is 19.1 Å². The van der Waals surface area contributed by atoms with E-state index >= 15 is 0 Å². The summed E-state index contributed by atoms with van der Waals surface area (Å²) in [6.07, 6.45) is 3.96. The molecule has 15 heavy (non-hydrogen) atoms. The number of alkyl halides is 1. The molecule has 1 atom stereocenters. The molecule has 0 aliphatic heterocycles. The fourth-order valence-corrected chi connectivity index (χ4v) is 1.65. The van der Waals surface area contributed by atoms with Gasteiger partial charge < -0.3 is 4.74 Å². The van der Waals surface area contributed by atoms with E-state index in [1.165, 1.54) is 18.4 Å². The predicted molar refractivity (Wildman–Crippen MR) is 63.7 cm³/mol. The topological polar surface area (TPSA) is 9.23 Å². The molecule has 1 unspecified atom stereocenters. The fourth-order valence-electron chi connectivity index (χ4n) is 1.54. The molecule has 0 aromatic heterocycles. The van der Waals surface area contributed by atoms with E-state index in [2.05, 4.69) is 31.2 Å². The van der Waals surface area contributed by atoms with Gasteiger partial charge in [-0.05, 0) is 42.9 Å². The number of benzene rings is 1. The van der Waals surface area contributed by atoms with E-state index in [-0.39, 0.29) is 0 Å². The average molecular weight is 225 g/mol. The maximum Gasteiger partial charge on any atom is 0.119 e. The van der Waals surface area contributed by atoms with Crippen LogP contribution in [0.2, 0.25) is 0 Å². The van der Waals surface area contributed by atoms with Crippen LogP contribution in [-0.2, 0) is 6.42 Å². The van der Waals surface area contributed by atoms with Crippen molar-refractivity contribution in [2.45, 2.75) is 32.3 Å². The van der Waals surface area contributed by atoms with Crippen molar-refractivity contribution in [3.8, 4) is 5.75 Å². The van der Waals surface area contributed by atoms with E-state index in [0.717, 1.165) is 18.1 Å². The van der Waals surface area contributed by atoms with E-state index in [1.54, 1.807) is 0 Å². The van der Waals surface area contributed by atoms with Crippen LogP contribution in [0.5, 0.6) is 5.75 Å². The summed E-state index contributed by atoms with van der Waals surface area (Å²) in [5, 5.41) is 0. The highest BCUT2D eigenvalue weighted by molar-refractivity contribution is 6.18. The zero-order valence-electron chi connectivity index (χ0n) is 9.08. The van der Waals surface area contributed by atoms with Crippen LogP contribution in [0, 0.1) is 5.92 Å². The van der Waals surface area contributed by atoms with Crippen LogP contribution >= 0.6 is 11.6 Å². The van der Waals surface area contributed by atoms with Crippen molar-refractivity contribution in [1.29, 1.82) is 0 Å². The summed E-state index contributed by atoms with van der Waals surface area (Å²) in [4.78, 5) is 0. The van der Waals surface area contributed by atoms with Gasteiger partial charge in [0.15, 0.2) is 0 Å². The first-order valence-electron chi connectivity index (χ1n) is 5.59. The first kappa shape index (κ1) is 10.8. The molecule has 0 bridgehead atoms. The first-order chi connectivity index (χ1) is 7.28.